The van der Waals surface area contributed by atoms with Gasteiger partial charge in [0, 0.05) is 32.7 Å². The van der Waals surface area contributed by atoms with Crippen LogP contribution in [-0.2, 0) is 16.1 Å². The molecule has 0 bridgehead atoms. The fourth-order valence-electron chi connectivity index (χ4n) is 2.75. The second kappa shape index (κ2) is 7.39. The van der Waals surface area contributed by atoms with Crippen LogP contribution in [0.4, 0.5) is 10.7 Å². The fourth-order valence-corrected chi connectivity index (χ4v) is 3.72. The zero-order chi connectivity index (χ0) is 17.1. The number of morpholine rings is 1. The number of ether oxygens (including phenoxy) is 1. The van der Waals surface area contributed by atoms with Gasteiger partial charge in [-0.1, -0.05) is 11.8 Å². The first-order chi connectivity index (χ1) is 11.6. The number of rotatable bonds is 5. The molecule has 1 aromatic rings. The van der Waals surface area contributed by atoms with Crippen LogP contribution in [-0.4, -0.2) is 76.2 Å². The smallest absolute Gasteiger partial charge is 0.324 e. The molecule has 0 saturated carbocycles. The van der Waals surface area contributed by atoms with E-state index in [1.165, 1.54) is 16.7 Å². The van der Waals surface area contributed by atoms with E-state index in [0.29, 0.717) is 38.0 Å². The van der Waals surface area contributed by atoms with E-state index in [1.54, 1.807) is 6.92 Å². The van der Waals surface area contributed by atoms with Crippen LogP contribution in [0.3, 0.4) is 0 Å². The van der Waals surface area contributed by atoms with Gasteiger partial charge in [-0.25, -0.2) is 4.79 Å². The van der Waals surface area contributed by atoms with Crippen molar-refractivity contribution in [1.29, 1.82) is 0 Å². The molecule has 3 amide bonds. The van der Waals surface area contributed by atoms with Gasteiger partial charge in [-0.2, -0.15) is 0 Å². The maximum absolute atomic E-state index is 12.4. The van der Waals surface area contributed by atoms with Gasteiger partial charge in [0.05, 0.1) is 18.5 Å². The first-order valence-corrected chi connectivity index (χ1v) is 9.01. The second-order valence-corrected chi connectivity index (χ2v) is 6.92. The zero-order valence-corrected chi connectivity index (χ0v) is 14.7. The zero-order valence-electron chi connectivity index (χ0n) is 13.9. The first kappa shape index (κ1) is 17.0. The third-order valence-electron chi connectivity index (χ3n) is 4.06. The highest BCUT2D eigenvalue weighted by atomic mass is 32.2. The van der Waals surface area contributed by atoms with Gasteiger partial charge in [-0.3, -0.25) is 14.3 Å². The molecule has 3 heterocycles. The summed E-state index contributed by atoms with van der Waals surface area (Å²) in [6.45, 7) is 8.38. The number of hydrogen-bond acceptors (Lipinski definition) is 7. The number of thioether (sulfide) groups is 1. The molecule has 2 aliphatic heterocycles. The van der Waals surface area contributed by atoms with Gasteiger partial charge in [-0.15, -0.1) is 10.2 Å². The van der Waals surface area contributed by atoms with Crippen LogP contribution in [0, 0.1) is 0 Å². The third kappa shape index (κ3) is 3.34. The SMILES string of the molecule is CCn1c(S[C@H](C)C(=O)N2CCNC2=O)nnc1N1CCOCC1. The van der Waals surface area contributed by atoms with Gasteiger partial charge in [0.15, 0.2) is 5.16 Å². The molecule has 0 radical (unpaired) electrons. The number of nitrogens with zero attached hydrogens (tertiary/aromatic N) is 5. The Labute approximate surface area is 144 Å². The molecule has 1 N–H and O–H groups in total. The number of imide groups is 1. The Balaban J connectivity index is 1.71. The van der Waals surface area contributed by atoms with E-state index in [9.17, 15) is 9.59 Å². The van der Waals surface area contributed by atoms with Crippen molar-refractivity contribution >= 4 is 29.6 Å². The summed E-state index contributed by atoms with van der Waals surface area (Å²) in [5, 5.41) is 11.5. The van der Waals surface area contributed by atoms with E-state index in [0.717, 1.165) is 19.0 Å². The third-order valence-corrected chi connectivity index (χ3v) is 5.13. The molecule has 0 unspecified atom stereocenters. The molecule has 2 aliphatic rings. The van der Waals surface area contributed by atoms with Crippen molar-refractivity contribution in [3.63, 3.8) is 0 Å². The monoisotopic (exact) mass is 354 g/mol. The Morgan fingerprint density at radius 2 is 2.08 bits per heavy atom. The molecule has 2 fully saturated rings. The lowest BCUT2D eigenvalue weighted by molar-refractivity contribution is -0.126. The van der Waals surface area contributed by atoms with E-state index in [1.807, 2.05) is 11.5 Å². The van der Waals surface area contributed by atoms with Crippen LogP contribution in [0.1, 0.15) is 13.8 Å². The maximum atomic E-state index is 12.4. The average Bonchev–Trinajstić information content (AvgIpc) is 3.20. The summed E-state index contributed by atoms with van der Waals surface area (Å²) in [6, 6.07) is -0.321. The summed E-state index contributed by atoms with van der Waals surface area (Å²) in [5.41, 5.74) is 0. The van der Waals surface area contributed by atoms with Crippen LogP contribution in [0.15, 0.2) is 5.16 Å². The van der Waals surface area contributed by atoms with Crippen molar-refractivity contribution in [3.8, 4) is 0 Å². The summed E-state index contributed by atoms with van der Waals surface area (Å²) in [4.78, 5) is 27.5. The molecule has 0 aromatic carbocycles. The minimum Gasteiger partial charge on any atom is -0.378 e. The molecule has 9 nitrogen and oxygen atoms in total. The lowest BCUT2D eigenvalue weighted by Crippen LogP contribution is -2.39. The number of carbonyl (C=O) groups is 2. The normalized spacial score (nSPS) is 19.5. The average molecular weight is 354 g/mol. The van der Waals surface area contributed by atoms with E-state index in [-0.39, 0.29) is 11.9 Å². The largest absolute Gasteiger partial charge is 0.378 e. The molecule has 132 valence electrons. The molecule has 0 aliphatic carbocycles. The van der Waals surface area contributed by atoms with Crippen molar-refractivity contribution in [2.45, 2.75) is 30.8 Å². The van der Waals surface area contributed by atoms with Crippen LogP contribution in [0.2, 0.25) is 0 Å². The molecule has 1 atom stereocenters. The van der Waals surface area contributed by atoms with Crippen molar-refractivity contribution in [2.75, 3.05) is 44.3 Å². The van der Waals surface area contributed by atoms with Crippen molar-refractivity contribution < 1.29 is 14.3 Å². The van der Waals surface area contributed by atoms with E-state index < -0.39 is 5.25 Å². The number of anilines is 1. The Kier molecular flexibility index (Phi) is 5.24. The molecule has 1 aromatic heterocycles. The highest BCUT2D eigenvalue weighted by Crippen LogP contribution is 2.27. The standard InChI is InChI=1S/C14H22N6O3S/c1-3-19-12(18-6-8-23-9-7-18)16-17-14(19)24-10(2)11(21)20-5-4-15-13(20)22/h10H,3-9H2,1-2H3,(H,15,22)/t10-/m1/s1. The Bertz CT molecular complexity index is 616. The molecule has 2 saturated heterocycles. The molecule has 24 heavy (non-hydrogen) atoms. The number of aromatic nitrogens is 3. The molecule has 0 spiro atoms. The van der Waals surface area contributed by atoms with Gasteiger partial charge >= 0.3 is 6.03 Å². The lowest BCUT2D eigenvalue weighted by atomic mass is 10.4. The van der Waals surface area contributed by atoms with E-state index >= 15 is 0 Å². The predicted octanol–water partition coefficient (Wildman–Crippen LogP) is 0.167. The molecule has 10 heteroatoms. The van der Waals surface area contributed by atoms with Crippen molar-refractivity contribution in [3.05, 3.63) is 0 Å². The number of nitrogens with one attached hydrogen (secondary N) is 1. The van der Waals surface area contributed by atoms with E-state index in [2.05, 4.69) is 20.4 Å². The molecule has 3 rings (SSSR count). The highest BCUT2D eigenvalue weighted by Gasteiger charge is 2.31. The topological polar surface area (TPSA) is 92.6 Å². The highest BCUT2D eigenvalue weighted by molar-refractivity contribution is 8.00. The lowest BCUT2D eigenvalue weighted by Gasteiger charge is -2.27. The van der Waals surface area contributed by atoms with Crippen LogP contribution >= 0.6 is 11.8 Å². The minimum absolute atomic E-state index is 0.200. The quantitative estimate of drug-likeness (QED) is 0.753. The molecular weight excluding hydrogens is 332 g/mol. The second-order valence-electron chi connectivity index (χ2n) is 5.61. The van der Waals surface area contributed by atoms with Crippen LogP contribution < -0.4 is 10.2 Å². The summed E-state index contributed by atoms with van der Waals surface area (Å²) in [7, 11) is 0. The Morgan fingerprint density at radius 3 is 2.71 bits per heavy atom. The summed E-state index contributed by atoms with van der Waals surface area (Å²) >= 11 is 1.34. The number of amides is 3. The van der Waals surface area contributed by atoms with Gasteiger partial charge in [0.25, 0.3) is 0 Å². The maximum Gasteiger partial charge on any atom is 0.324 e. The number of carbonyl (C=O) groups excluding carboxylic acids is 2. The van der Waals surface area contributed by atoms with Crippen LogP contribution in [0.25, 0.3) is 0 Å². The van der Waals surface area contributed by atoms with Gasteiger partial charge in [0.1, 0.15) is 0 Å². The minimum atomic E-state index is -0.402. The van der Waals surface area contributed by atoms with E-state index in [4.69, 9.17) is 4.74 Å². The number of hydrogen-bond donors (Lipinski definition) is 1. The summed E-state index contributed by atoms with van der Waals surface area (Å²) < 4.78 is 7.38. The summed E-state index contributed by atoms with van der Waals surface area (Å²) in [5.74, 6) is 0.607. The van der Waals surface area contributed by atoms with Crippen LogP contribution in [0.5, 0.6) is 0 Å². The Hall–Kier alpha value is -1.81. The Morgan fingerprint density at radius 1 is 1.33 bits per heavy atom. The van der Waals surface area contributed by atoms with Crippen molar-refractivity contribution in [2.24, 2.45) is 0 Å². The van der Waals surface area contributed by atoms with Gasteiger partial charge in [0.2, 0.25) is 11.9 Å². The summed E-state index contributed by atoms with van der Waals surface area (Å²) in [6.07, 6.45) is 0. The van der Waals surface area contributed by atoms with Gasteiger partial charge in [-0.05, 0) is 13.8 Å². The predicted molar refractivity (Wildman–Crippen MR) is 89.2 cm³/mol. The van der Waals surface area contributed by atoms with Gasteiger partial charge < -0.3 is 15.0 Å². The van der Waals surface area contributed by atoms with Crippen molar-refractivity contribution in [1.82, 2.24) is 25.0 Å². The fraction of sp³-hybridized carbons (Fsp3) is 0.714. The molecular formula is C14H22N6O3S. The first-order valence-electron chi connectivity index (χ1n) is 8.13. The number of urea groups is 1.